The molecule has 0 aliphatic carbocycles. The third-order valence-corrected chi connectivity index (χ3v) is 6.36. The molecule has 0 saturated carbocycles. The molecule has 1 amide bonds. The molecule has 6 heteroatoms. The molecule has 0 aromatic carbocycles. The normalized spacial score (nSPS) is 31.2. The van der Waals surface area contributed by atoms with Crippen molar-refractivity contribution in [3.8, 4) is 0 Å². The van der Waals surface area contributed by atoms with Gasteiger partial charge in [-0.25, -0.2) is 5.06 Å². The number of piperidine rings is 1. The van der Waals surface area contributed by atoms with Gasteiger partial charge < -0.3 is 4.74 Å². The second-order valence-electron chi connectivity index (χ2n) is 7.23. The number of rotatable bonds is 3. The lowest BCUT2D eigenvalue weighted by molar-refractivity contribution is -0.183. The van der Waals surface area contributed by atoms with Gasteiger partial charge in [0.1, 0.15) is 0 Å². The Morgan fingerprint density at radius 2 is 2.29 bits per heavy atom. The fourth-order valence-corrected chi connectivity index (χ4v) is 5.07. The predicted octanol–water partition coefficient (Wildman–Crippen LogP) is 2.45. The van der Waals surface area contributed by atoms with E-state index in [0.717, 1.165) is 45.4 Å². The Morgan fingerprint density at radius 1 is 1.38 bits per heavy atom. The number of nitrogens with zero attached hydrogens (tertiary/aromatic N) is 2. The van der Waals surface area contributed by atoms with Crippen LogP contribution in [0, 0.1) is 18.8 Å². The first-order chi connectivity index (χ1) is 11.7. The average molecular weight is 350 g/mol. The Morgan fingerprint density at radius 3 is 3.04 bits per heavy atom. The number of hydroxylamine groups is 2. The summed E-state index contributed by atoms with van der Waals surface area (Å²) in [6, 6.07) is 4.43. The van der Waals surface area contributed by atoms with Gasteiger partial charge in [0.25, 0.3) is 5.91 Å². The van der Waals surface area contributed by atoms with Crippen molar-refractivity contribution in [2.75, 3.05) is 32.8 Å². The fraction of sp³-hybridized carbons (Fsp3) is 0.722. The molecule has 1 aromatic heterocycles. The maximum absolute atomic E-state index is 12.6. The average Bonchev–Trinajstić information content (AvgIpc) is 3.25. The van der Waals surface area contributed by atoms with Crippen molar-refractivity contribution in [3.05, 3.63) is 21.9 Å². The molecule has 0 bridgehead atoms. The monoisotopic (exact) mass is 350 g/mol. The molecule has 1 aromatic rings. The molecule has 3 fully saturated rings. The Hall–Kier alpha value is -0.950. The fourth-order valence-electron chi connectivity index (χ4n) is 4.14. The van der Waals surface area contributed by atoms with Gasteiger partial charge in [-0.15, -0.1) is 11.3 Å². The minimum absolute atomic E-state index is 0.0340. The number of hydrogen-bond acceptors (Lipinski definition) is 5. The number of likely N-dealkylation sites (tertiary alicyclic amines) is 1. The molecule has 0 spiro atoms. The molecular weight excluding hydrogens is 324 g/mol. The third kappa shape index (κ3) is 3.52. The van der Waals surface area contributed by atoms with E-state index in [1.165, 1.54) is 9.75 Å². The van der Waals surface area contributed by atoms with Crippen molar-refractivity contribution in [2.24, 2.45) is 11.8 Å². The number of fused-ring (bicyclic) bond motifs is 1. The standard InChI is InChI=1S/C18H26N2O3S/c1-13-3-4-16(24-13)11-19-7-5-17-14(10-19)9-15(12-22-17)18(21)20-6-2-8-23-20/h3-4,14-15,17H,2,5-12H2,1H3/t14-,15-,17+/m1/s1. The molecule has 0 N–H and O–H groups in total. The third-order valence-electron chi connectivity index (χ3n) is 5.37. The Bertz CT molecular complexity index is 585. The van der Waals surface area contributed by atoms with Crippen LogP contribution in [0.5, 0.6) is 0 Å². The van der Waals surface area contributed by atoms with E-state index in [1.54, 1.807) is 5.06 Å². The first-order valence-corrected chi connectivity index (χ1v) is 9.84. The predicted molar refractivity (Wildman–Crippen MR) is 92.6 cm³/mol. The molecule has 0 unspecified atom stereocenters. The van der Waals surface area contributed by atoms with Gasteiger partial charge in [-0.2, -0.15) is 0 Å². The van der Waals surface area contributed by atoms with Crippen molar-refractivity contribution in [1.82, 2.24) is 9.96 Å². The molecule has 132 valence electrons. The largest absolute Gasteiger partial charge is 0.377 e. The number of thiophene rings is 1. The van der Waals surface area contributed by atoms with Crippen LogP contribution in [0.1, 0.15) is 29.0 Å². The van der Waals surface area contributed by atoms with Crippen LogP contribution in [-0.4, -0.2) is 54.8 Å². The van der Waals surface area contributed by atoms with E-state index in [1.807, 2.05) is 11.3 Å². The van der Waals surface area contributed by atoms with Crippen molar-refractivity contribution < 1.29 is 14.4 Å². The SMILES string of the molecule is Cc1ccc(CN2CC[C@@H]3OC[C@H](C(=O)N4CCCO4)C[C@@H]3C2)s1. The van der Waals surface area contributed by atoms with Gasteiger partial charge in [0.2, 0.25) is 0 Å². The molecule has 4 heterocycles. The van der Waals surface area contributed by atoms with Crippen LogP contribution < -0.4 is 0 Å². The highest BCUT2D eigenvalue weighted by atomic mass is 32.1. The summed E-state index contributed by atoms with van der Waals surface area (Å²) in [7, 11) is 0. The summed E-state index contributed by atoms with van der Waals surface area (Å²) in [6.45, 7) is 7.26. The number of hydrogen-bond donors (Lipinski definition) is 0. The molecule has 0 radical (unpaired) electrons. The second-order valence-corrected chi connectivity index (χ2v) is 8.60. The topological polar surface area (TPSA) is 42.0 Å². The molecule has 3 aliphatic rings. The van der Waals surface area contributed by atoms with Gasteiger partial charge in [-0.05, 0) is 44.2 Å². The summed E-state index contributed by atoms with van der Waals surface area (Å²) in [4.78, 5) is 23.3. The lowest BCUT2D eigenvalue weighted by Gasteiger charge is -2.43. The highest BCUT2D eigenvalue weighted by Crippen LogP contribution is 2.33. The van der Waals surface area contributed by atoms with Gasteiger partial charge in [0, 0.05) is 29.4 Å². The number of carbonyl (C=O) groups excluding carboxylic acids is 1. The van der Waals surface area contributed by atoms with Crippen LogP contribution >= 0.6 is 11.3 Å². The molecule has 4 rings (SSSR count). The maximum atomic E-state index is 12.6. The molecule has 3 saturated heterocycles. The molecule has 5 nitrogen and oxygen atoms in total. The zero-order chi connectivity index (χ0) is 16.5. The summed E-state index contributed by atoms with van der Waals surface area (Å²) in [5, 5.41) is 1.56. The smallest absolute Gasteiger partial charge is 0.251 e. The first kappa shape index (κ1) is 16.5. The molecular formula is C18H26N2O3S. The Labute approximate surface area is 147 Å². The van der Waals surface area contributed by atoms with Gasteiger partial charge in [0.15, 0.2) is 0 Å². The Balaban J connectivity index is 1.35. The van der Waals surface area contributed by atoms with E-state index in [-0.39, 0.29) is 11.8 Å². The van der Waals surface area contributed by atoms with Gasteiger partial charge in [-0.1, -0.05) is 0 Å². The summed E-state index contributed by atoms with van der Waals surface area (Å²) >= 11 is 1.88. The molecule has 3 atom stereocenters. The second kappa shape index (κ2) is 7.12. The van der Waals surface area contributed by atoms with E-state index in [0.29, 0.717) is 25.2 Å². The van der Waals surface area contributed by atoms with Crippen molar-refractivity contribution >= 4 is 17.2 Å². The van der Waals surface area contributed by atoms with E-state index < -0.39 is 0 Å². The zero-order valence-electron chi connectivity index (χ0n) is 14.3. The van der Waals surface area contributed by atoms with E-state index in [2.05, 4.69) is 24.0 Å². The van der Waals surface area contributed by atoms with Crippen LogP contribution in [-0.2, 0) is 20.9 Å². The minimum atomic E-state index is -0.0340. The lowest BCUT2D eigenvalue weighted by atomic mass is 9.83. The number of ether oxygens (including phenoxy) is 1. The minimum Gasteiger partial charge on any atom is -0.377 e. The highest BCUT2D eigenvalue weighted by Gasteiger charge is 2.40. The van der Waals surface area contributed by atoms with E-state index >= 15 is 0 Å². The summed E-state index contributed by atoms with van der Waals surface area (Å²) in [5.41, 5.74) is 0. The molecule has 24 heavy (non-hydrogen) atoms. The van der Waals surface area contributed by atoms with Crippen LogP contribution in [0.2, 0.25) is 0 Å². The summed E-state index contributed by atoms with van der Waals surface area (Å²) in [5.74, 6) is 0.551. The quantitative estimate of drug-likeness (QED) is 0.840. The van der Waals surface area contributed by atoms with Gasteiger partial charge in [0.05, 0.1) is 31.8 Å². The van der Waals surface area contributed by atoms with Crippen molar-refractivity contribution in [3.63, 3.8) is 0 Å². The highest BCUT2D eigenvalue weighted by molar-refractivity contribution is 7.11. The van der Waals surface area contributed by atoms with Crippen molar-refractivity contribution in [2.45, 2.75) is 38.8 Å². The number of carbonyl (C=O) groups is 1. The Kier molecular flexibility index (Phi) is 4.90. The van der Waals surface area contributed by atoms with Crippen LogP contribution in [0.25, 0.3) is 0 Å². The number of aryl methyl sites for hydroxylation is 1. The maximum Gasteiger partial charge on any atom is 0.251 e. The summed E-state index contributed by atoms with van der Waals surface area (Å²) in [6.07, 6.45) is 3.29. The van der Waals surface area contributed by atoms with Gasteiger partial charge in [-0.3, -0.25) is 14.5 Å². The van der Waals surface area contributed by atoms with Crippen LogP contribution in [0.3, 0.4) is 0 Å². The zero-order valence-corrected chi connectivity index (χ0v) is 15.1. The van der Waals surface area contributed by atoms with Crippen LogP contribution in [0.4, 0.5) is 0 Å². The van der Waals surface area contributed by atoms with Crippen molar-refractivity contribution in [1.29, 1.82) is 0 Å². The lowest BCUT2D eigenvalue weighted by Crippen LogP contribution is -2.50. The number of amides is 1. The first-order valence-electron chi connectivity index (χ1n) is 9.02. The van der Waals surface area contributed by atoms with E-state index in [9.17, 15) is 4.79 Å². The van der Waals surface area contributed by atoms with Gasteiger partial charge >= 0.3 is 0 Å². The van der Waals surface area contributed by atoms with Crippen LogP contribution in [0.15, 0.2) is 12.1 Å². The molecule has 3 aliphatic heterocycles. The van der Waals surface area contributed by atoms with E-state index in [4.69, 9.17) is 9.57 Å². The summed E-state index contributed by atoms with van der Waals surface area (Å²) < 4.78 is 6.05.